The Kier molecular flexibility index (Phi) is 4.27. The van der Waals surface area contributed by atoms with Crippen molar-refractivity contribution in [1.29, 1.82) is 0 Å². The summed E-state index contributed by atoms with van der Waals surface area (Å²) in [5, 5.41) is 0.992. The molecule has 4 aromatic rings. The molecule has 1 saturated carbocycles. The Bertz CT molecular complexity index is 1140. The molecule has 0 saturated heterocycles. The Morgan fingerprint density at radius 3 is 2.54 bits per heavy atom. The van der Waals surface area contributed by atoms with Crippen LogP contribution in [-0.2, 0) is 0 Å². The minimum absolute atomic E-state index is 0.0889. The average Bonchev–Trinajstić information content (AvgIpc) is 3.10. The second-order valence-electron chi connectivity index (χ2n) is 7.52. The topological polar surface area (TPSA) is 41.6 Å². The highest BCUT2D eigenvalue weighted by Gasteiger charge is 2.26. The van der Waals surface area contributed by atoms with Crippen molar-refractivity contribution >= 4 is 33.5 Å². The van der Waals surface area contributed by atoms with Gasteiger partial charge in [-0.2, -0.15) is 0 Å². The number of benzene rings is 2. The first-order valence-electron chi connectivity index (χ1n) is 9.47. The smallest absolute Gasteiger partial charge is 0.144 e. The summed E-state index contributed by atoms with van der Waals surface area (Å²) in [7, 11) is 0. The quantitative estimate of drug-likeness (QED) is 0.420. The fourth-order valence-electron chi connectivity index (χ4n) is 4.39. The lowest BCUT2D eigenvalue weighted by molar-refractivity contribution is 0.388. The van der Waals surface area contributed by atoms with Gasteiger partial charge in [0.05, 0.1) is 21.6 Å². The van der Waals surface area contributed by atoms with Crippen molar-refractivity contribution in [3.63, 3.8) is 0 Å². The van der Waals surface area contributed by atoms with Gasteiger partial charge in [0.1, 0.15) is 17.5 Å². The van der Waals surface area contributed by atoms with Gasteiger partial charge in [-0.05, 0) is 67.5 Å². The molecule has 1 aliphatic carbocycles. The molecule has 2 heterocycles. The number of aromatic nitrogens is 3. The van der Waals surface area contributed by atoms with E-state index in [2.05, 4.69) is 15.0 Å². The summed E-state index contributed by atoms with van der Waals surface area (Å²) in [5.41, 5.74) is 3.37. The zero-order chi connectivity index (χ0) is 19.3. The number of fused-ring (bicyclic) bond motifs is 2. The van der Waals surface area contributed by atoms with Crippen molar-refractivity contribution in [2.75, 3.05) is 0 Å². The maximum Gasteiger partial charge on any atom is 0.144 e. The number of rotatable bonds is 2. The van der Waals surface area contributed by atoms with Crippen LogP contribution in [0.25, 0.3) is 21.9 Å². The maximum absolute atomic E-state index is 13.7. The molecule has 0 bridgehead atoms. The lowest BCUT2D eigenvalue weighted by atomic mass is 9.77. The van der Waals surface area contributed by atoms with E-state index in [1.54, 1.807) is 24.4 Å². The molecule has 0 aliphatic heterocycles. The number of nitrogens with zero attached hydrogens (tertiary/aromatic N) is 2. The molecule has 0 spiro atoms. The van der Waals surface area contributed by atoms with Gasteiger partial charge in [0.2, 0.25) is 0 Å². The minimum Gasteiger partial charge on any atom is -0.342 e. The molecule has 0 atom stereocenters. The highest BCUT2D eigenvalue weighted by Crippen LogP contribution is 2.42. The van der Waals surface area contributed by atoms with Crippen LogP contribution in [0.15, 0.2) is 42.6 Å². The first kappa shape index (κ1) is 17.6. The molecule has 1 fully saturated rings. The molecule has 0 radical (unpaired) electrons. The van der Waals surface area contributed by atoms with E-state index in [4.69, 9.17) is 11.6 Å². The van der Waals surface area contributed by atoms with Crippen LogP contribution >= 0.6 is 11.6 Å². The zero-order valence-electron chi connectivity index (χ0n) is 15.1. The van der Waals surface area contributed by atoms with Gasteiger partial charge in [-0.25, -0.2) is 13.8 Å². The van der Waals surface area contributed by atoms with Gasteiger partial charge in [-0.3, -0.25) is 4.98 Å². The fourth-order valence-corrected chi connectivity index (χ4v) is 4.55. The molecule has 1 N–H and O–H groups in total. The molecule has 142 valence electrons. The van der Waals surface area contributed by atoms with Gasteiger partial charge >= 0.3 is 0 Å². The molecule has 2 aromatic heterocycles. The summed E-state index contributed by atoms with van der Waals surface area (Å²) in [6.07, 6.45) is 5.73. The molecule has 2 aromatic carbocycles. The summed E-state index contributed by atoms with van der Waals surface area (Å²) < 4.78 is 27.4. The molecule has 5 rings (SSSR count). The Hall–Kier alpha value is -2.53. The monoisotopic (exact) mass is 397 g/mol. The SMILES string of the molecule is Fc1ccc2nccc(C3CCC(c4nc5cc(Cl)c(F)cc5[nH]4)CC3)c2c1. The van der Waals surface area contributed by atoms with E-state index >= 15 is 0 Å². The summed E-state index contributed by atoms with van der Waals surface area (Å²) in [4.78, 5) is 12.2. The van der Waals surface area contributed by atoms with E-state index in [9.17, 15) is 8.78 Å². The number of aromatic amines is 1. The molecular weight excluding hydrogens is 380 g/mol. The van der Waals surface area contributed by atoms with Gasteiger partial charge < -0.3 is 4.98 Å². The number of pyridine rings is 1. The molecule has 6 heteroatoms. The van der Waals surface area contributed by atoms with E-state index in [0.717, 1.165) is 42.4 Å². The maximum atomic E-state index is 13.7. The van der Waals surface area contributed by atoms with Crippen molar-refractivity contribution in [3.8, 4) is 0 Å². The van der Waals surface area contributed by atoms with Gasteiger partial charge in [0.25, 0.3) is 0 Å². The molecular formula is C22H18ClF2N3. The van der Waals surface area contributed by atoms with Gasteiger partial charge in [-0.1, -0.05) is 11.6 Å². The molecule has 1 aliphatic rings. The lowest BCUT2D eigenvalue weighted by Gasteiger charge is -2.28. The molecule has 0 unspecified atom stereocenters. The Balaban J connectivity index is 1.39. The van der Waals surface area contributed by atoms with Crippen LogP contribution < -0.4 is 0 Å². The molecule has 0 amide bonds. The van der Waals surface area contributed by atoms with Crippen LogP contribution in [0.4, 0.5) is 8.78 Å². The summed E-state index contributed by atoms with van der Waals surface area (Å²) >= 11 is 5.87. The number of nitrogens with one attached hydrogen (secondary N) is 1. The van der Waals surface area contributed by atoms with Crippen LogP contribution in [0, 0.1) is 11.6 Å². The molecule has 28 heavy (non-hydrogen) atoms. The summed E-state index contributed by atoms with van der Waals surface area (Å²) in [6, 6.07) is 9.75. The van der Waals surface area contributed by atoms with E-state index in [-0.39, 0.29) is 10.8 Å². The van der Waals surface area contributed by atoms with Crippen molar-refractivity contribution in [2.24, 2.45) is 0 Å². The third-order valence-electron chi connectivity index (χ3n) is 5.83. The Morgan fingerprint density at radius 2 is 1.71 bits per heavy atom. The highest BCUT2D eigenvalue weighted by molar-refractivity contribution is 6.31. The van der Waals surface area contributed by atoms with Gasteiger partial charge in [0.15, 0.2) is 0 Å². The number of halogens is 3. The summed E-state index contributed by atoms with van der Waals surface area (Å²) in [6.45, 7) is 0. The minimum atomic E-state index is -0.440. The second kappa shape index (κ2) is 6.82. The third kappa shape index (κ3) is 3.04. The normalized spacial score (nSPS) is 20.1. The van der Waals surface area contributed by atoms with Crippen molar-refractivity contribution < 1.29 is 8.78 Å². The number of hydrogen-bond donors (Lipinski definition) is 1. The van der Waals surface area contributed by atoms with Crippen LogP contribution in [0.5, 0.6) is 0 Å². The standard InChI is InChI=1S/C22H18ClF2N3/c23-17-10-20-21(11-18(17)25)28-22(27-20)13-3-1-12(2-4-13)15-7-8-26-19-6-5-14(24)9-16(15)19/h5-13H,1-4H2,(H,27,28). The predicted molar refractivity (Wildman–Crippen MR) is 107 cm³/mol. The first-order chi connectivity index (χ1) is 13.6. The van der Waals surface area contributed by atoms with Crippen LogP contribution in [0.1, 0.15) is 48.9 Å². The highest BCUT2D eigenvalue weighted by atomic mass is 35.5. The van der Waals surface area contributed by atoms with Crippen LogP contribution in [-0.4, -0.2) is 15.0 Å². The lowest BCUT2D eigenvalue weighted by Crippen LogP contribution is -2.13. The number of imidazole rings is 1. The fraction of sp³-hybridized carbons (Fsp3) is 0.273. The van der Waals surface area contributed by atoms with Gasteiger partial charge in [0, 0.05) is 23.6 Å². The van der Waals surface area contributed by atoms with Crippen molar-refractivity contribution in [3.05, 3.63) is 70.6 Å². The number of H-pyrrole nitrogens is 1. The second-order valence-corrected chi connectivity index (χ2v) is 7.92. The largest absolute Gasteiger partial charge is 0.342 e. The van der Waals surface area contributed by atoms with E-state index in [1.165, 1.54) is 17.7 Å². The van der Waals surface area contributed by atoms with Gasteiger partial charge in [-0.15, -0.1) is 0 Å². The Morgan fingerprint density at radius 1 is 0.929 bits per heavy atom. The first-order valence-corrected chi connectivity index (χ1v) is 9.85. The molecule has 3 nitrogen and oxygen atoms in total. The van der Waals surface area contributed by atoms with Crippen LogP contribution in [0.3, 0.4) is 0 Å². The van der Waals surface area contributed by atoms with Crippen LogP contribution in [0.2, 0.25) is 5.02 Å². The third-order valence-corrected chi connectivity index (χ3v) is 6.12. The average molecular weight is 398 g/mol. The van der Waals surface area contributed by atoms with E-state index in [1.807, 2.05) is 6.07 Å². The van der Waals surface area contributed by atoms with E-state index < -0.39 is 5.82 Å². The summed E-state index contributed by atoms with van der Waals surface area (Å²) in [5.74, 6) is 0.893. The van der Waals surface area contributed by atoms with Crippen molar-refractivity contribution in [1.82, 2.24) is 15.0 Å². The van der Waals surface area contributed by atoms with Crippen molar-refractivity contribution in [2.45, 2.75) is 37.5 Å². The predicted octanol–water partition coefficient (Wildman–Crippen LogP) is 6.48. The Labute approximate surface area is 165 Å². The van der Waals surface area contributed by atoms with E-state index in [0.29, 0.717) is 22.9 Å². The zero-order valence-corrected chi connectivity index (χ0v) is 15.8. The number of hydrogen-bond acceptors (Lipinski definition) is 2.